The maximum Gasteiger partial charge on any atom is 0.243 e. The number of hydrogen-bond acceptors (Lipinski definition) is 4. The van der Waals surface area contributed by atoms with E-state index in [4.69, 9.17) is 4.74 Å². The number of rotatable bonds is 7. The Morgan fingerprint density at radius 3 is 2.36 bits per heavy atom. The summed E-state index contributed by atoms with van der Waals surface area (Å²) in [5.74, 6) is 0.581. The molecule has 1 amide bonds. The summed E-state index contributed by atoms with van der Waals surface area (Å²) >= 11 is 0. The number of sulfonamides is 1. The molecule has 3 aromatic rings. The van der Waals surface area contributed by atoms with E-state index in [1.807, 2.05) is 68.4 Å². The van der Waals surface area contributed by atoms with Gasteiger partial charge >= 0.3 is 0 Å². The van der Waals surface area contributed by atoms with Crippen LogP contribution in [0.5, 0.6) is 5.75 Å². The van der Waals surface area contributed by atoms with Gasteiger partial charge in [-0.15, -0.1) is 0 Å². The predicted molar refractivity (Wildman–Crippen MR) is 130 cm³/mol. The zero-order chi connectivity index (χ0) is 23.4. The Balaban J connectivity index is 1.35. The summed E-state index contributed by atoms with van der Waals surface area (Å²) in [6.07, 6.45) is 1.02. The second kappa shape index (κ2) is 9.93. The third-order valence-corrected chi connectivity index (χ3v) is 8.13. The highest BCUT2D eigenvalue weighted by Gasteiger charge is 2.32. The number of amides is 1. The van der Waals surface area contributed by atoms with E-state index in [0.29, 0.717) is 37.4 Å². The van der Waals surface area contributed by atoms with Gasteiger partial charge in [0.15, 0.2) is 0 Å². The summed E-state index contributed by atoms with van der Waals surface area (Å²) in [6.45, 7) is 5.18. The molecule has 1 aliphatic rings. The SMILES string of the molecule is CCOc1ccc(C(C)NC(=O)C2CCN(S(=O)(=O)c3ccc4ccccc4c3)CC2)cc1. The Morgan fingerprint density at radius 1 is 1.03 bits per heavy atom. The first-order valence-corrected chi connectivity index (χ1v) is 12.8. The highest BCUT2D eigenvalue weighted by molar-refractivity contribution is 7.89. The molecule has 6 nitrogen and oxygen atoms in total. The number of nitrogens with one attached hydrogen (secondary N) is 1. The highest BCUT2D eigenvalue weighted by atomic mass is 32.2. The molecule has 0 spiro atoms. The molecule has 7 heteroatoms. The number of ether oxygens (including phenoxy) is 1. The van der Waals surface area contributed by atoms with Crippen LogP contribution in [0, 0.1) is 5.92 Å². The van der Waals surface area contributed by atoms with Crippen molar-refractivity contribution in [2.24, 2.45) is 5.92 Å². The number of benzene rings is 3. The molecular weight excluding hydrogens is 436 g/mol. The summed E-state index contributed by atoms with van der Waals surface area (Å²) in [7, 11) is -3.59. The topological polar surface area (TPSA) is 75.7 Å². The average molecular weight is 467 g/mol. The van der Waals surface area contributed by atoms with E-state index < -0.39 is 10.0 Å². The second-order valence-corrected chi connectivity index (χ2v) is 10.4. The van der Waals surface area contributed by atoms with Crippen LogP contribution in [0.15, 0.2) is 71.6 Å². The first kappa shape index (κ1) is 23.3. The zero-order valence-corrected chi connectivity index (χ0v) is 19.8. The fourth-order valence-electron chi connectivity index (χ4n) is 4.27. The molecule has 3 aromatic carbocycles. The summed E-state index contributed by atoms with van der Waals surface area (Å²) in [5, 5.41) is 4.98. The van der Waals surface area contributed by atoms with Gasteiger partial charge in [0.2, 0.25) is 15.9 Å². The van der Waals surface area contributed by atoms with Crippen molar-refractivity contribution in [1.29, 1.82) is 0 Å². The molecule has 0 bridgehead atoms. The molecule has 1 unspecified atom stereocenters. The van der Waals surface area contributed by atoms with Gasteiger partial charge in [0.1, 0.15) is 5.75 Å². The molecule has 1 fully saturated rings. The summed E-state index contributed by atoms with van der Waals surface area (Å²) in [6, 6.07) is 20.5. The predicted octanol–water partition coefficient (Wildman–Crippen LogP) is 4.52. The number of nitrogens with zero attached hydrogens (tertiary/aromatic N) is 1. The van der Waals surface area contributed by atoms with Gasteiger partial charge in [-0.1, -0.05) is 42.5 Å². The van der Waals surface area contributed by atoms with Crippen LogP contribution in [0.4, 0.5) is 0 Å². The minimum atomic E-state index is -3.59. The van der Waals surface area contributed by atoms with Crippen molar-refractivity contribution in [3.8, 4) is 5.75 Å². The van der Waals surface area contributed by atoms with Gasteiger partial charge in [-0.2, -0.15) is 4.31 Å². The first-order valence-electron chi connectivity index (χ1n) is 11.4. The van der Waals surface area contributed by atoms with Gasteiger partial charge in [0, 0.05) is 19.0 Å². The van der Waals surface area contributed by atoms with Crippen molar-refractivity contribution in [2.45, 2.75) is 37.6 Å². The van der Waals surface area contributed by atoms with Gasteiger partial charge in [-0.05, 0) is 67.3 Å². The van der Waals surface area contributed by atoms with Crippen molar-refractivity contribution in [3.05, 3.63) is 72.3 Å². The summed E-state index contributed by atoms with van der Waals surface area (Å²) in [5.41, 5.74) is 1.00. The van der Waals surface area contributed by atoms with E-state index in [2.05, 4.69) is 5.32 Å². The van der Waals surface area contributed by atoms with E-state index in [1.54, 1.807) is 12.1 Å². The van der Waals surface area contributed by atoms with Gasteiger partial charge in [-0.25, -0.2) is 8.42 Å². The lowest BCUT2D eigenvalue weighted by atomic mass is 9.96. The molecule has 4 rings (SSSR count). The number of fused-ring (bicyclic) bond motifs is 1. The van der Waals surface area contributed by atoms with Gasteiger partial charge in [0.05, 0.1) is 17.5 Å². The van der Waals surface area contributed by atoms with E-state index in [9.17, 15) is 13.2 Å². The molecule has 0 aliphatic carbocycles. The number of piperidine rings is 1. The van der Waals surface area contributed by atoms with Crippen LogP contribution < -0.4 is 10.1 Å². The lowest BCUT2D eigenvalue weighted by Crippen LogP contribution is -2.43. The molecule has 1 aliphatic heterocycles. The largest absolute Gasteiger partial charge is 0.494 e. The molecule has 33 heavy (non-hydrogen) atoms. The fourth-order valence-corrected chi connectivity index (χ4v) is 5.77. The molecule has 0 saturated carbocycles. The number of carbonyl (C=O) groups is 1. The van der Waals surface area contributed by atoms with Crippen molar-refractivity contribution in [2.75, 3.05) is 19.7 Å². The Bertz CT molecular complexity index is 1220. The van der Waals surface area contributed by atoms with E-state index >= 15 is 0 Å². The summed E-state index contributed by atoms with van der Waals surface area (Å²) < 4.78 is 33.3. The fraction of sp³-hybridized carbons (Fsp3) is 0.346. The van der Waals surface area contributed by atoms with E-state index in [-0.39, 0.29) is 17.9 Å². The Morgan fingerprint density at radius 2 is 1.70 bits per heavy atom. The molecule has 1 atom stereocenters. The van der Waals surface area contributed by atoms with Crippen LogP contribution in [-0.2, 0) is 14.8 Å². The van der Waals surface area contributed by atoms with Crippen LogP contribution in [0.3, 0.4) is 0 Å². The molecule has 1 N–H and O–H groups in total. The minimum Gasteiger partial charge on any atom is -0.494 e. The van der Waals surface area contributed by atoms with Crippen LogP contribution in [0.25, 0.3) is 10.8 Å². The number of hydrogen-bond donors (Lipinski definition) is 1. The molecular formula is C26H30N2O4S. The first-order chi connectivity index (χ1) is 15.9. The molecule has 1 saturated heterocycles. The normalized spacial score (nSPS) is 16.4. The van der Waals surface area contributed by atoms with Crippen LogP contribution >= 0.6 is 0 Å². The molecule has 174 valence electrons. The van der Waals surface area contributed by atoms with Gasteiger partial charge < -0.3 is 10.1 Å². The van der Waals surface area contributed by atoms with Crippen molar-refractivity contribution in [1.82, 2.24) is 9.62 Å². The Hall–Kier alpha value is -2.90. The zero-order valence-electron chi connectivity index (χ0n) is 19.0. The second-order valence-electron chi connectivity index (χ2n) is 8.42. The maximum absolute atomic E-state index is 13.2. The molecule has 0 radical (unpaired) electrons. The van der Waals surface area contributed by atoms with Crippen molar-refractivity contribution in [3.63, 3.8) is 0 Å². The average Bonchev–Trinajstić information content (AvgIpc) is 2.84. The third-order valence-electron chi connectivity index (χ3n) is 6.23. The lowest BCUT2D eigenvalue weighted by molar-refractivity contribution is -0.126. The third kappa shape index (κ3) is 5.20. The Kier molecular flexibility index (Phi) is 7.00. The summed E-state index contributed by atoms with van der Waals surface area (Å²) in [4.78, 5) is 13.1. The van der Waals surface area contributed by atoms with Crippen LogP contribution in [0.1, 0.15) is 38.3 Å². The van der Waals surface area contributed by atoms with Gasteiger partial charge in [-0.3, -0.25) is 4.79 Å². The highest BCUT2D eigenvalue weighted by Crippen LogP contribution is 2.27. The van der Waals surface area contributed by atoms with E-state index in [1.165, 1.54) is 4.31 Å². The van der Waals surface area contributed by atoms with Crippen LogP contribution in [-0.4, -0.2) is 38.3 Å². The molecule has 0 aromatic heterocycles. The van der Waals surface area contributed by atoms with Crippen LogP contribution in [0.2, 0.25) is 0 Å². The number of carbonyl (C=O) groups excluding carboxylic acids is 1. The standard InChI is InChI=1S/C26H30N2O4S/c1-3-32-24-11-8-20(9-12-24)19(2)27-26(29)22-14-16-28(17-15-22)33(30,31)25-13-10-21-6-4-5-7-23(21)18-25/h4-13,18-19,22H,3,14-17H2,1-2H3,(H,27,29). The molecule has 1 heterocycles. The Labute approximate surface area is 195 Å². The van der Waals surface area contributed by atoms with Crippen molar-refractivity contribution < 1.29 is 17.9 Å². The van der Waals surface area contributed by atoms with Crippen molar-refractivity contribution >= 4 is 26.7 Å². The maximum atomic E-state index is 13.2. The lowest BCUT2D eigenvalue weighted by Gasteiger charge is -2.31. The quantitative estimate of drug-likeness (QED) is 0.556. The van der Waals surface area contributed by atoms with E-state index in [0.717, 1.165) is 22.1 Å². The monoisotopic (exact) mass is 466 g/mol. The smallest absolute Gasteiger partial charge is 0.243 e. The minimum absolute atomic E-state index is 0.0286. The van der Waals surface area contributed by atoms with Gasteiger partial charge in [0.25, 0.3) is 0 Å².